The maximum Gasteiger partial charge on any atom is 0.289 e. The van der Waals surface area contributed by atoms with Gasteiger partial charge < -0.3 is 14.6 Å². The standard InChI is InChI=1S/C14H13NO3/c1-10-14(16,13-8-4-5-9-15-13)18-12-7-3-2-6-11(12)17-10/h2-10,16H,1H3/t10-,14+/m0/s1. The molecular formula is C14H13NO3. The summed E-state index contributed by atoms with van der Waals surface area (Å²) >= 11 is 0. The van der Waals surface area contributed by atoms with E-state index in [4.69, 9.17) is 9.47 Å². The van der Waals surface area contributed by atoms with Gasteiger partial charge in [0.05, 0.1) is 0 Å². The van der Waals surface area contributed by atoms with Crippen LogP contribution in [0.1, 0.15) is 12.6 Å². The predicted octanol–water partition coefficient (Wildman–Crippen LogP) is 2.09. The third-order valence-corrected chi connectivity index (χ3v) is 3.00. The van der Waals surface area contributed by atoms with Crippen LogP contribution in [0, 0.1) is 0 Å². The van der Waals surface area contributed by atoms with E-state index in [-0.39, 0.29) is 0 Å². The molecule has 0 saturated heterocycles. The van der Waals surface area contributed by atoms with E-state index in [1.807, 2.05) is 18.2 Å². The summed E-state index contributed by atoms with van der Waals surface area (Å²) in [4.78, 5) is 4.14. The van der Waals surface area contributed by atoms with E-state index in [1.165, 1.54) is 0 Å². The summed E-state index contributed by atoms with van der Waals surface area (Å²) in [6.45, 7) is 1.75. The second-order valence-corrected chi connectivity index (χ2v) is 4.22. The summed E-state index contributed by atoms with van der Waals surface area (Å²) in [5.74, 6) is -0.412. The Morgan fingerprint density at radius 1 is 1.11 bits per heavy atom. The third kappa shape index (κ3) is 1.62. The van der Waals surface area contributed by atoms with Crippen LogP contribution in [-0.4, -0.2) is 16.2 Å². The summed E-state index contributed by atoms with van der Waals surface area (Å²) in [5.41, 5.74) is 0.437. The Morgan fingerprint density at radius 2 is 1.83 bits per heavy atom. The minimum atomic E-state index is -1.56. The molecular weight excluding hydrogens is 230 g/mol. The fraction of sp³-hybridized carbons (Fsp3) is 0.214. The first-order chi connectivity index (χ1) is 8.70. The van der Waals surface area contributed by atoms with Crippen LogP contribution in [0.15, 0.2) is 48.7 Å². The van der Waals surface area contributed by atoms with Gasteiger partial charge in [0.2, 0.25) is 0 Å². The molecule has 1 aliphatic heterocycles. The van der Waals surface area contributed by atoms with Crippen molar-refractivity contribution in [2.75, 3.05) is 0 Å². The number of pyridine rings is 1. The Balaban J connectivity index is 2.05. The maximum absolute atomic E-state index is 10.6. The van der Waals surface area contributed by atoms with E-state index in [1.54, 1.807) is 37.4 Å². The molecule has 0 saturated carbocycles. The third-order valence-electron chi connectivity index (χ3n) is 3.00. The lowest BCUT2D eigenvalue weighted by atomic mass is 10.0. The summed E-state index contributed by atoms with van der Waals surface area (Å²) in [6.07, 6.45) is 1.08. The fourth-order valence-corrected chi connectivity index (χ4v) is 1.99. The number of nitrogens with zero attached hydrogens (tertiary/aromatic N) is 1. The second kappa shape index (κ2) is 3.99. The van der Waals surface area contributed by atoms with Gasteiger partial charge in [-0.25, -0.2) is 0 Å². The van der Waals surface area contributed by atoms with Crippen molar-refractivity contribution in [3.8, 4) is 11.5 Å². The molecule has 1 N–H and O–H groups in total. The van der Waals surface area contributed by atoms with Crippen LogP contribution in [0.25, 0.3) is 0 Å². The van der Waals surface area contributed by atoms with Crippen molar-refractivity contribution in [3.05, 3.63) is 54.4 Å². The molecule has 0 aliphatic carbocycles. The maximum atomic E-state index is 10.6. The second-order valence-electron chi connectivity index (χ2n) is 4.22. The van der Waals surface area contributed by atoms with Crippen LogP contribution < -0.4 is 9.47 Å². The number of aromatic nitrogens is 1. The van der Waals surface area contributed by atoms with Gasteiger partial charge in [-0.1, -0.05) is 18.2 Å². The minimum absolute atomic E-state index is 0.437. The molecule has 2 atom stereocenters. The van der Waals surface area contributed by atoms with Crippen LogP contribution in [0.5, 0.6) is 11.5 Å². The lowest BCUT2D eigenvalue weighted by Crippen LogP contribution is -2.49. The molecule has 0 unspecified atom stereocenters. The summed E-state index contributed by atoms with van der Waals surface area (Å²) in [6, 6.07) is 12.6. The number of para-hydroxylation sites is 2. The molecule has 0 spiro atoms. The van der Waals surface area contributed by atoms with Gasteiger partial charge in [-0.05, 0) is 31.2 Å². The normalized spacial score (nSPS) is 25.8. The summed E-state index contributed by atoms with van der Waals surface area (Å²) in [5, 5.41) is 10.6. The van der Waals surface area contributed by atoms with Gasteiger partial charge in [-0.15, -0.1) is 0 Å². The van der Waals surface area contributed by atoms with Crippen molar-refractivity contribution in [1.82, 2.24) is 4.98 Å². The Bertz CT molecular complexity index is 558. The van der Waals surface area contributed by atoms with E-state index in [2.05, 4.69) is 4.98 Å². The van der Waals surface area contributed by atoms with Crippen molar-refractivity contribution >= 4 is 0 Å². The fourth-order valence-electron chi connectivity index (χ4n) is 1.99. The zero-order chi connectivity index (χ0) is 12.6. The number of ether oxygens (including phenoxy) is 2. The van der Waals surface area contributed by atoms with Gasteiger partial charge in [-0.2, -0.15) is 0 Å². The van der Waals surface area contributed by atoms with E-state index in [9.17, 15) is 5.11 Å². The highest BCUT2D eigenvalue weighted by atomic mass is 16.7. The van der Waals surface area contributed by atoms with E-state index in [0.717, 1.165) is 0 Å². The quantitative estimate of drug-likeness (QED) is 0.833. The lowest BCUT2D eigenvalue weighted by Gasteiger charge is -2.38. The number of benzene rings is 1. The van der Waals surface area contributed by atoms with Crippen molar-refractivity contribution < 1.29 is 14.6 Å². The monoisotopic (exact) mass is 243 g/mol. The number of hydrogen-bond acceptors (Lipinski definition) is 4. The van der Waals surface area contributed by atoms with Crippen LogP contribution in [-0.2, 0) is 5.79 Å². The zero-order valence-corrected chi connectivity index (χ0v) is 9.91. The average molecular weight is 243 g/mol. The Labute approximate surface area is 105 Å². The first kappa shape index (κ1) is 11.0. The molecule has 0 amide bonds. The van der Waals surface area contributed by atoms with Crippen LogP contribution >= 0.6 is 0 Å². The van der Waals surface area contributed by atoms with Crippen LogP contribution in [0.3, 0.4) is 0 Å². The van der Waals surface area contributed by atoms with E-state index >= 15 is 0 Å². The Kier molecular flexibility index (Phi) is 2.45. The van der Waals surface area contributed by atoms with Crippen molar-refractivity contribution in [1.29, 1.82) is 0 Å². The van der Waals surface area contributed by atoms with Gasteiger partial charge >= 0.3 is 0 Å². The molecule has 1 aliphatic rings. The topological polar surface area (TPSA) is 51.6 Å². The first-order valence-electron chi connectivity index (χ1n) is 5.79. The average Bonchev–Trinajstić information content (AvgIpc) is 2.41. The van der Waals surface area contributed by atoms with Gasteiger partial charge in [0.25, 0.3) is 5.79 Å². The number of hydrogen-bond donors (Lipinski definition) is 1. The van der Waals surface area contributed by atoms with Gasteiger partial charge in [0.1, 0.15) is 5.69 Å². The summed E-state index contributed by atoms with van der Waals surface area (Å²) < 4.78 is 11.4. The van der Waals surface area contributed by atoms with Crippen molar-refractivity contribution in [3.63, 3.8) is 0 Å². The molecule has 3 rings (SSSR count). The molecule has 1 aromatic carbocycles. The molecule has 1 aromatic heterocycles. The van der Waals surface area contributed by atoms with Gasteiger partial charge in [0.15, 0.2) is 17.6 Å². The van der Waals surface area contributed by atoms with E-state index < -0.39 is 11.9 Å². The number of fused-ring (bicyclic) bond motifs is 1. The number of aliphatic hydroxyl groups is 1. The smallest absolute Gasteiger partial charge is 0.289 e. The van der Waals surface area contributed by atoms with Crippen LogP contribution in [0.2, 0.25) is 0 Å². The number of rotatable bonds is 1. The van der Waals surface area contributed by atoms with Crippen molar-refractivity contribution in [2.45, 2.75) is 18.8 Å². The SMILES string of the molecule is C[C@@H]1Oc2ccccc2O[C@@]1(O)c1ccccn1. The largest absolute Gasteiger partial charge is 0.479 e. The highest BCUT2D eigenvalue weighted by Crippen LogP contribution is 2.40. The molecule has 0 bridgehead atoms. The highest BCUT2D eigenvalue weighted by molar-refractivity contribution is 5.42. The lowest BCUT2D eigenvalue weighted by molar-refractivity contribution is -0.219. The molecule has 4 nitrogen and oxygen atoms in total. The predicted molar refractivity (Wildman–Crippen MR) is 65.3 cm³/mol. The molecule has 2 aromatic rings. The Hall–Kier alpha value is -2.07. The van der Waals surface area contributed by atoms with E-state index in [0.29, 0.717) is 17.2 Å². The molecule has 4 heteroatoms. The molecule has 2 heterocycles. The van der Waals surface area contributed by atoms with Gasteiger partial charge in [0, 0.05) is 6.20 Å². The first-order valence-corrected chi connectivity index (χ1v) is 5.79. The Morgan fingerprint density at radius 3 is 2.56 bits per heavy atom. The summed E-state index contributed by atoms with van der Waals surface area (Å²) in [7, 11) is 0. The van der Waals surface area contributed by atoms with Gasteiger partial charge in [-0.3, -0.25) is 4.98 Å². The minimum Gasteiger partial charge on any atom is -0.479 e. The van der Waals surface area contributed by atoms with Crippen molar-refractivity contribution in [2.24, 2.45) is 0 Å². The highest BCUT2D eigenvalue weighted by Gasteiger charge is 2.45. The molecule has 0 fully saturated rings. The molecule has 92 valence electrons. The van der Waals surface area contributed by atoms with Crippen LogP contribution in [0.4, 0.5) is 0 Å². The molecule has 18 heavy (non-hydrogen) atoms. The molecule has 0 radical (unpaired) electrons. The zero-order valence-electron chi connectivity index (χ0n) is 9.91.